The molecule has 2 aromatic carbocycles. The molecule has 8 heteroatoms. The van der Waals surface area contributed by atoms with Crippen LogP contribution in [0.1, 0.15) is 38.7 Å². The van der Waals surface area contributed by atoms with Crippen LogP contribution in [-0.4, -0.2) is 55.5 Å². The van der Waals surface area contributed by atoms with Gasteiger partial charge in [0.05, 0.1) is 24.5 Å². The summed E-state index contributed by atoms with van der Waals surface area (Å²) in [4.78, 5) is 41.5. The summed E-state index contributed by atoms with van der Waals surface area (Å²) in [6.07, 6.45) is 0.975. The van der Waals surface area contributed by atoms with E-state index in [4.69, 9.17) is 14.7 Å². The van der Waals surface area contributed by atoms with Gasteiger partial charge >= 0.3 is 5.97 Å². The van der Waals surface area contributed by atoms with Gasteiger partial charge in [-0.3, -0.25) is 14.4 Å². The fourth-order valence-electron chi connectivity index (χ4n) is 4.36. The van der Waals surface area contributed by atoms with E-state index in [1.165, 1.54) is 11.8 Å². The third-order valence-corrected chi connectivity index (χ3v) is 6.31. The summed E-state index contributed by atoms with van der Waals surface area (Å²) in [7, 11) is 0. The third-order valence-electron chi connectivity index (χ3n) is 6.31. The molecule has 1 fully saturated rings. The summed E-state index contributed by atoms with van der Waals surface area (Å²) < 4.78 is 11.1. The Bertz CT molecular complexity index is 1050. The molecule has 3 rings (SSSR count). The van der Waals surface area contributed by atoms with E-state index < -0.39 is 23.9 Å². The molecule has 0 spiro atoms. The van der Waals surface area contributed by atoms with E-state index >= 15 is 0 Å². The summed E-state index contributed by atoms with van der Waals surface area (Å²) in [6.45, 7) is 4.54. The zero-order chi connectivity index (χ0) is 25.3. The molecule has 0 atom stereocenters. The van der Waals surface area contributed by atoms with E-state index in [-0.39, 0.29) is 18.9 Å². The standard InChI is InChI=1S/C27H31N3O5/c1-3-34-24-12-10-23(11-13-24)30(17-7-16-28)25(32)20-35-26(33)27(22-8-5-4-6-9-22)14-18-29(19-15-27)21(2)31/h4-6,8-13H,3,7,14-15,17-20H2,1-2H3. The molecule has 0 bridgehead atoms. The molecule has 2 amide bonds. The maximum Gasteiger partial charge on any atom is 0.317 e. The lowest BCUT2D eigenvalue weighted by Gasteiger charge is -2.40. The lowest BCUT2D eigenvalue weighted by atomic mass is 9.72. The smallest absolute Gasteiger partial charge is 0.317 e. The van der Waals surface area contributed by atoms with Crippen molar-refractivity contribution in [2.75, 3.05) is 37.7 Å². The molecular weight excluding hydrogens is 446 g/mol. The number of rotatable bonds is 9. The van der Waals surface area contributed by atoms with Crippen molar-refractivity contribution in [1.82, 2.24) is 4.90 Å². The molecule has 0 unspecified atom stereocenters. The van der Waals surface area contributed by atoms with Crippen molar-refractivity contribution < 1.29 is 23.9 Å². The highest BCUT2D eigenvalue weighted by molar-refractivity contribution is 5.96. The zero-order valence-corrected chi connectivity index (χ0v) is 20.2. The van der Waals surface area contributed by atoms with Crippen LogP contribution in [0.2, 0.25) is 0 Å². The van der Waals surface area contributed by atoms with Crippen LogP contribution < -0.4 is 9.64 Å². The molecule has 1 heterocycles. The molecular formula is C27H31N3O5. The Morgan fingerprint density at radius 2 is 1.71 bits per heavy atom. The number of hydrogen-bond donors (Lipinski definition) is 0. The second kappa shape index (κ2) is 12.0. The molecule has 184 valence electrons. The van der Waals surface area contributed by atoms with Crippen molar-refractivity contribution in [1.29, 1.82) is 5.26 Å². The number of carbonyl (C=O) groups excluding carboxylic acids is 3. The van der Waals surface area contributed by atoms with Gasteiger partial charge in [0, 0.05) is 32.2 Å². The number of benzene rings is 2. The molecule has 0 N–H and O–H groups in total. The fraction of sp³-hybridized carbons (Fsp3) is 0.407. The monoisotopic (exact) mass is 477 g/mol. The number of amides is 2. The zero-order valence-electron chi connectivity index (χ0n) is 20.2. The van der Waals surface area contributed by atoms with Gasteiger partial charge in [-0.1, -0.05) is 30.3 Å². The number of likely N-dealkylation sites (tertiary alicyclic amines) is 1. The summed E-state index contributed by atoms with van der Waals surface area (Å²) in [6, 6.07) is 18.4. The highest BCUT2D eigenvalue weighted by atomic mass is 16.5. The Kier molecular flexibility index (Phi) is 8.85. The summed E-state index contributed by atoms with van der Waals surface area (Å²) in [5.74, 6) is -0.245. The second-order valence-corrected chi connectivity index (χ2v) is 8.41. The molecule has 35 heavy (non-hydrogen) atoms. The number of esters is 1. The molecule has 8 nitrogen and oxygen atoms in total. The molecule has 0 aliphatic carbocycles. The topological polar surface area (TPSA) is 99.9 Å². The van der Waals surface area contributed by atoms with Gasteiger partial charge in [-0.2, -0.15) is 5.26 Å². The van der Waals surface area contributed by atoms with E-state index in [2.05, 4.69) is 6.07 Å². The van der Waals surface area contributed by atoms with Crippen LogP contribution in [0.5, 0.6) is 5.75 Å². The van der Waals surface area contributed by atoms with Gasteiger partial charge in [-0.05, 0) is 49.6 Å². The Morgan fingerprint density at radius 3 is 2.29 bits per heavy atom. The maximum absolute atomic E-state index is 13.4. The number of piperidine rings is 1. The number of carbonyl (C=O) groups is 3. The van der Waals surface area contributed by atoms with E-state index in [0.29, 0.717) is 44.0 Å². The summed E-state index contributed by atoms with van der Waals surface area (Å²) >= 11 is 0. The largest absolute Gasteiger partial charge is 0.494 e. The van der Waals surface area contributed by atoms with Gasteiger partial charge in [0.1, 0.15) is 5.75 Å². The molecule has 1 saturated heterocycles. The predicted molar refractivity (Wildman–Crippen MR) is 131 cm³/mol. The summed E-state index contributed by atoms with van der Waals surface area (Å²) in [5.41, 5.74) is 0.482. The van der Waals surface area contributed by atoms with Crippen molar-refractivity contribution >= 4 is 23.5 Å². The van der Waals surface area contributed by atoms with E-state index in [0.717, 1.165) is 5.56 Å². The number of anilines is 1. The molecule has 1 aliphatic rings. The Labute approximate surface area is 206 Å². The van der Waals surface area contributed by atoms with Crippen molar-refractivity contribution in [3.8, 4) is 11.8 Å². The Hall–Kier alpha value is -3.86. The van der Waals surface area contributed by atoms with E-state index in [1.54, 1.807) is 29.2 Å². The van der Waals surface area contributed by atoms with Crippen LogP contribution in [0.3, 0.4) is 0 Å². The number of hydrogen-bond acceptors (Lipinski definition) is 6. The van der Waals surface area contributed by atoms with Gasteiger partial charge in [0.2, 0.25) is 5.91 Å². The minimum atomic E-state index is -0.926. The van der Waals surface area contributed by atoms with Gasteiger partial charge in [0.25, 0.3) is 5.91 Å². The molecule has 2 aromatic rings. The van der Waals surface area contributed by atoms with Crippen LogP contribution in [0.25, 0.3) is 0 Å². The van der Waals surface area contributed by atoms with E-state index in [1.807, 2.05) is 37.3 Å². The first kappa shape index (κ1) is 25.8. The third kappa shape index (κ3) is 6.18. The predicted octanol–water partition coefficient (Wildman–Crippen LogP) is 3.46. The SMILES string of the molecule is CCOc1ccc(N(CCC#N)C(=O)COC(=O)C2(c3ccccc3)CCN(C(C)=O)CC2)cc1. The van der Waals surface area contributed by atoms with E-state index in [9.17, 15) is 14.4 Å². The average molecular weight is 478 g/mol. The van der Waals surface area contributed by atoms with Crippen LogP contribution >= 0.6 is 0 Å². The summed E-state index contributed by atoms with van der Waals surface area (Å²) in [5, 5.41) is 9.05. The van der Waals surface area contributed by atoms with Crippen molar-refractivity contribution in [2.24, 2.45) is 0 Å². The first-order valence-corrected chi connectivity index (χ1v) is 11.8. The van der Waals surface area contributed by atoms with Crippen molar-refractivity contribution in [2.45, 2.75) is 38.5 Å². The maximum atomic E-state index is 13.4. The normalized spacial score (nSPS) is 14.5. The lowest BCUT2D eigenvalue weighted by molar-refractivity contribution is -0.156. The van der Waals surface area contributed by atoms with Crippen LogP contribution in [0, 0.1) is 11.3 Å². The van der Waals surface area contributed by atoms with Crippen molar-refractivity contribution in [3.63, 3.8) is 0 Å². The Morgan fingerprint density at radius 1 is 1.06 bits per heavy atom. The van der Waals surface area contributed by atoms with Gasteiger partial charge in [-0.25, -0.2) is 0 Å². The van der Waals surface area contributed by atoms with Gasteiger partial charge < -0.3 is 19.3 Å². The molecule has 0 radical (unpaired) electrons. The van der Waals surface area contributed by atoms with Gasteiger partial charge in [0.15, 0.2) is 6.61 Å². The minimum absolute atomic E-state index is 0.0290. The number of ether oxygens (including phenoxy) is 2. The minimum Gasteiger partial charge on any atom is -0.494 e. The van der Waals surface area contributed by atoms with Crippen molar-refractivity contribution in [3.05, 3.63) is 60.2 Å². The highest BCUT2D eigenvalue weighted by Crippen LogP contribution is 2.37. The second-order valence-electron chi connectivity index (χ2n) is 8.41. The number of nitriles is 1. The quantitative estimate of drug-likeness (QED) is 0.513. The lowest BCUT2D eigenvalue weighted by Crippen LogP contribution is -2.50. The van der Waals surface area contributed by atoms with Crippen LogP contribution in [0.4, 0.5) is 5.69 Å². The highest BCUT2D eigenvalue weighted by Gasteiger charge is 2.45. The molecule has 1 aliphatic heterocycles. The first-order chi connectivity index (χ1) is 16.9. The Balaban J connectivity index is 1.75. The fourth-order valence-corrected chi connectivity index (χ4v) is 4.36. The van der Waals surface area contributed by atoms with Crippen LogP contribution in [-0.2, 0) is 24.5 Å². The van der Waals surface area contributed by atoms with Gasteiger partial charge in [-0.15, -0.1) is 0 Å². The molecule has 0 aromatic heterocycles. The average Bonchev–Trinajstić information content (AvgIpc) is 2.89. The molecule has 0 saturated carbocycles. The number of nitrogens with zero attached hydrogens (tertiary/aromatic N) is 3. The van der Waals surface area contributed by atoms with Crippen LogP contribution in [0.15, 0.2) is 54.6 Å². The first-order valence-electron chi connectivity index (χ1n) is 11.8.